The van der Waals surface area contributed by atoms with E-state index in [0.717, 1.165) is 66.7 Å². The molecule has 1 atom stereocenters. The highest BCUT2D eigenvalue weighted by Crippen LogP contribution is 2.31. The molecule has 1 aromatic carbocycles. The monoisotopic (exact) mass is 447 g/mol. The van der Waals surface area contributed by atoms with E-state index < -0.39 is 0 Å². The summed E-state index contributed by atoms with van der Waals surface area (Å²) in [5, 5.41) is 0. The van der Waals surface area contributed by atoms with Crippen LogP contribution in [0.15, 0.2) is 48.8 Å². The number of benzene rings is 1. The fraction of sp³-hybridized carbons (Fsp3) is 0.423. The minimum absolute atomic E-state index is 0.351. The molecule has 174 valence electrons. The molecule has 0 spiro atoms. The number of hydrogen-bond donors (Lipinski definition) is 0. The van der Waals surface area contributed by atoms with Crippen molar-refractivity contribution >= 4 is 5.82 Å². The summed E-state index contributed by atoms with van der Waals surface area (Å²) in [6.45, 7) is 3.46. The first-order chi connectivity index (χ1) is 16.1. The summed E-state index contributed by atoms with van der Waals surface area (Å²) in [5.41, 5.74) is 4.39. The SMILES string of the molecule is COCc1ccc(OC)c(CN2CCC[C@@H](c3cc(N(C)C)nc(-c4cccnc4)n3)C2)c1. The Morgan fingerprint density at radius 1 is 1.12 bits per heavy atom. The first kappa shape index (κ1) is 23.1. The molecule has 7 heteroatoms. The zero-order chi connectivity index (χ0) is 23.2. The smallest absolute Gasteiger partial charge is 0.163 e. The third-order valence-electron chi connectivity index (χ3n) is 6.08. The number of hydrogen-bond acceptors (Lipinski definition) is 7. The van der Waals surface area contributed by atoms with Gasteiger partial charge in [0.15, 0.2) is 5.82 Å². The average Bonchev–Trinajstić information content (AvgIpc) is 2.85. The molecule has 7 nitrogen and oxygen atoms in total. The van der Waals surface area contributed by atoms with Gasteiger partial charge >= 0.3 is 0 Å². The molecule has 1 fully saturated rings. The number of nitrogens with zero attached hydrogens (tertiary/aromatic N) is 5. The molecule has 4 rings (SSSR count). The molecule has 0 amide bonds. The van der Waals surface area contributed by atoms with Gasteiger partial charge in [-0.3, -0.25) is 9.88 Å². The molecule has 1 aliphatic heterocycles. The van der Waals surface area contributed by atoms with Gasteiger partial charge in [-0.15, -0.1) is 0 Å². The van der Waals surface area contributed by atoms with Gasteiger partial charge in [-0.25, -0.2) is 9.97 Å². The number of rotatable bonds is 8. The van der Waals surface area contributed by atoms with Gasteiger partial charge in [0.05, 0.1) is 19.4 Å². The van der Waals surface area contributed by atoms with Crippen LogP contribution in [0.1, 0.15) is 35.6 Å². The van der Waals surface area contributed by atoms with Gasteiger partial charge in [0.25, 0.3) is 0 Å². The standard InChI is InChI=1S/C26H33N5O2/c1-30(2)25-14-23(28-26(29-25)20-7-5-11-27-15-20)21-8-6-12-31(16-21)17-22-13-19(18-32-3)9-10-24(22)33-4/h5,7,9-11,13-15,21H,6,8,12,16-18H2,1-4H3/t21-/m1/s1. The van der Waals surface area contributed by atoms with Crippen molar-refractivity contribution in [2.24, 2.45) is 0 Å². The van der Waals surface area contributed by atoms with Crippen molar-refractivity contribution in [3.8, 4) is 17.1 Å². The number of anilines is 1. The largest absolute Gasteiger partial charge is 0.496 e. The molecule has 0 bridgehead atoms. The van der Waals surface area contributed by atoms with Gasteiger partial charge in [-0.1, -0.05) is 6.07 Å². The van der Waals surface area contributed by atoms with E-state index in [2.05, 4.69) is 28.1 Å². The lowest BCUT2D eigenvalue weighted by atomic mass is 9.93. The summed E-state index contributed by atoms with van der Waals surface area (Å²) in [7, 11) is 7.50. The Bertz CT molecular complexity index is 1060. The Labute approximate surface area is 196 Å². The molecule has 0 N–H and O–H groups in total. The van der Waals surface area contributed by atoms with Gasteiger partial charge in [0, 0.05) is 69.8 Å². The normalized spacial score (nSPS) is 16.5. The van der Waals surface area contributed by atoms with E-state index in [1.165, 1.54) is 5.56 Å². The van der Waals surface area contributed by atoms with E-state index in [-0.39, 0.29) is 0 Å². The second kappa shape index (κ2) is 10.7. The Kier molecular flexibility index (Phi) is 7.52. The van der Waals surface area contributed by atoms with E-state index in [1.807, 2.05) is 43.4 Å². The predicted molar refractivity (Wildman–Crippen MR) is 131 cm³/mol. The molecule has 2 aromatic heterocycles. The third kappa shape index (κ3) is 5.67. The number of aromatic nitrogens is 3. The lowest BCUT2D eigenvalue weighted by molar-refractivity contribution is 0.183. The molecular weight excluding hydrogens is 414 g/mol. The number of methoxy groups -OCH3 is 2. The van der Waals surface area contributed by atoms with E-state index in [4.69, 9.17) is 19.4 Å². The Morgan fingerprint density at radius 2 is 2.00 bits per heavy atom. The highest BCUT2D eigenvalue weighted by atomic mass is 16.5. The van der Waals surface area contributed by atoms with Crippen molar-refractivity contribution in [3.05, 3.63) is 65.6 Å². The quantitative estimate of drug-likeness (QED) is 0.514. The molecule has 3 aromatic rings. The Hall–Kier alpha value is -3.03. The fourth-order valence-electron chi connectivity index (χ4n) is 4.41. The lowest BCUT2D eigenvalue weighted by Crippen LogP contribution is -2.34. The number of likely N-dealkylation sites (tertiary alicyclic amines) is 1. The number of ether oxygens (including phenoxy) is 2. The molecular formula is C26H33N5O2. The van der Waals surface area contributed by atoms with Gasteiger partial charge in [0.2, 0.25) is 0 Å². The first-order valence-corrected chi connectivity index (χ1v) is 11.4. The van der Waals surface area contributed by atoms with Crippen molar-refractivity contribution in [3.63, 3.8) is 0 Å². The van der Waals surface area contributed by atoms with Crippen LogP contribution in [0.25, 0.3) is 11.4 Å². The summed E-state index contributed by atoms with van der Waals surface area (Å²) in [6, 6.07) is 12.4. The second-order valence-electron chi connectivity index (χ2n) is 8.76. The van der Waals surface area contributed by atoms with E-state index in [1.54, 1.807) is 20.4 Å². The molecule has 0 saturated carbocycles. The van der Waals surface area contributed by atoms with Crippen molar-refractivity contribution in [2.75, 3.05) is 46.3 Å². The third-order valence-corrected chi connectivity index (χ3v) is 6.08. The second-order valence-corrected chi connectivity index (χ2v) is 8.76. The Morgan fingerprint density at radius 3 is 2.73 bits per heavy atom. The van der Waals surface area contributed by atoms with Crippen LogP contribution in [0.2, 0.25) is 0 Å². The zero-order valence-corrected chi connectivity index (χ0v) is 20.0. The fourth-order valence-corrected chi connectivity index (χ4v) is 4.41. The topological polar surface area (TPSA) is 63.6 Å². The highest BCUT2D eigenvalue weighted by Gasteiger charge is 2.25. The molecule has 3 heterocycles. The maximum absolute atomic E-state index is 5.64. The number of piperidine rings is 1. The summed E-state index contributed by atoms with van der Waals surface area (Å²) in [5.74, 6) is 2.93. The van der Waals surface area contributed by atoms with Gasteiger partial charge < -0.3 is 14.4 Å². The van der Waals surface area contributed by atoms with E-state index in [0.29, 0.717) is 12.5 Å². The van der Waals surface area contributed by atoms with Crippen molar-refractivity contribution in [2.45, 2.75) is 31.9 Å². The summed E-state index contributed by atoms with van der Waals surface area (Å²) in [6.07, 6.45) is 5.85. The first-order valence-electron chi connectivity index (χ1n) is 11.4. The molecule has 0 radical (unpaired) electrons. The maximum atomic E-state index is 5.64. The van der Waals surface area contributed by atoms with Gasteiger partial charge in [-0.05, 0) is 49.2 Å². The van der Waals surface area contributed by atoms with Crippen LogP contribution >= 0.6 is 0 Å². The van der Waals surface area contributed by atoms with Crippen LogP contribution in [0.4, 0.5) is 5.82 Å². The zero-order valence-electron chi connectivity index (χ0n) is 20.0. The Balaban J connectivity index is 1.58. The maximum Gasteiger partial charge on any atom is 0.163 e. The van der Waals surface area contributed by atoms with Crippen LogP contribution in [0.5, 0.6) is 5.75 Å². The van der Waals surface area contributed by atoms with Crippen LogP contribution < -0.4 is 9.64 Å². The molecule has 33 heavy (non-hydrogen) atoms. The van der Waals surface area contributed by atoms with Crippen molar-refractivity contribution < 1.29 is 9.47 Å². The van der Waals surface area contributed by atoms with Crippen LogP contribution in [0.3, 0.4) is 0 Å². The minimum Gasteiger partial charge on any atom is -0.496 e. The molecule has 1 aliphatic rings. The molecule has 1 saturated heterocycles. The van der Waals surface area contributed by atoms with Crippen LogP contribution in [-0.2, 0) is 17.9 Å². The highest BCUT2D eigenvalue weighted by molar-refractivity contribution is 5.56. The number of pyridine rings is 1. The summed E-state index contributed by atoms with van der Waals surface area (Å²) in [4.78, 5) is 18.5. The summed E-state index contributed by atoms with van der Waals surface area (Å²) >= 11 is 0. The molecule has 0 unspecified atom stereocenters. The van der Waals surface area contributed by atoms with Gasteiger partial charge in [-0.2, -0.15) is 0 Å². The average molecular weight is 448 g/mol. The summed E-state index contributed by atoms with van der Waals surface area (Å²) < 4.78 is 11.0. The van der Waals surface area contributed by atoms with E-state index >= 15 is 0 Å². The van der Waals surface area contributed by atoms with Gasteiger partial charge in [0.1, 0.15) is 11.6 Å². The van der Waals surface area contributed by atoms with E-state index in [9.17, 15) is 0 Å². The minimum atomic E-state index is 0.351. The van der Waals surface area contributed by atoms with Crippen LogP contribution in [-0.4, -0.2) is 61.3 Å². The van der Waals surface area contributed by atoms with Crippen LogP contribution in [0, 0.1) is 0 Å². The lowest BCUT2D eigenvalue weighted by Gasteiger charge is -2.33. The predicted octanol–water partition coefficient (Wildman–Crippen LogP) is 4.14. The molecule has 0 aliphatic carbocycles. The van der Waals surface area contributed by atoms with Crippen molar-refractivity contribution in [1.29, 1.82) is 0 Å². The van der Waals surface area contributed by atoms with Crippen molar-refractivity contribution in [1.82, 2.24) is 19.9 Å².